The maximum Gasteiger partial charge on any atom is 0.294 e. The van der Waals surface area contributed by atoms with Crippen molar-refractivity contribution >= 4 is 27.8 Å². The summed E-state index contributed by atoms with van der Waals surface area (Å²) in [6.07, 6.45) is 1.79. The smallest absolute Gasteiger partial charge is 0.294 e. The molecule has 5 rings (SSSR count). The number of aromatic nitrogens is 2. The Kier molecular flexibility index (Phi) is 4.81. The lowest BCUT2D eigenvalue weighted by Crippen LogP contribution is -2.29. The lowest BCUT2D eigenvalue weighted by molar-refractivity contribution is 0.0921. The van der Waals surface area contributed by atoms with Gasteiger partial charge >= 0.3 is 0 Å². The molecule has 0 aliphatic carbocycles. The molecule has 0 saturated carbocycles. The fraction of sp³-hybridized carbons (Fsp3) is 0.0370. The fourth-order valence-corrected chi connectivity index (χ4v) is 3.63. The lowest BCUT2D eigenvalue weighted by atomic mass is 10.1. The van der Waals surface area contributed by atoms with Crippen LogP contribution in [0.15, 0.2) is 102 Å². The summed E-state index contributed by atoms with van der Waals surface area (Å²) in [6, 6.07) is 29.3. The predicted molar refractivity (Wildman–Crippen MR) is 126 cm³/mol. The van der Waals surface area contributed by atoms with Crippen LogP contribution in [-0.4, -0.2) is 9.71 Å². The minimum absolute atomic E-state index is 0.225. The largest absolute Gasteiger partial charge is 0.404 e. The molecule has 0 fully saturated rings. The SMILES string of the molecule is C=Cc1ccc(COn2c(-c3ccccc3)nc3cc4ccccc4cc3c2=O)cc1. The van der Waals surface area contributed by atoms with Crippen LogP contribution in [0.1, 0.15) is 11.1 Å². The van der Waals surface area contributed by atoms with Gasteiger partial charge in [0, 0.05) is 5.56 Å². The molecule has 0 aliphatic heterocycles. The second kappa shape index (κ2) is 7.92. The first kappa shape index (κ1) is 18.8. The molecule has 0 saturated heterocycles. The topological polar surface area (TPSA) is 44.1 Å². The van der Waals surface area contributed by atoms with Crippen LogP contribution in [-0.2, 0) is 6.61 Å². The van der Waals surface area contributed by atoms with Crippen LogP contribution in [0.3, 0.4) is 0 Å². The fourth-order valence-electron chi connectivity index (χ4n) is 3.63. The van der Waals surface area contributed by atoms with E-state index in [-0.39, 0.29) is 12.2 Å². The highest BCUT2D eigenvalue weighted by Gasteiger charge is 2.15. The average Bonchev–Trinajstić information content (AvgIpc) is 2.83. The molecule has 0 amide bonds. The summed E-state index contributed by atoms with van der Waals surface area (Å²) in [4.78, 5) is 24.3. The van der Waals surface area contributed by atoms with Gasteiger partial charge in [0.05, 0.1) is 10.9 Å². The average molecular weight is 404 g/mol. The van der Waals surface area contributed by atoms with Crippen molar-refractivity contribution in [1.82, 2.24) is 9.71 Å². The Labute approximate surface area is 179 Å². The Bertz CT molecular complexity index is 1450. The molecule has 4 heteroatoms. The quantitative estimate of drug-likeness (QED) is 0.364. The van der Waals surface area contributed by atoms with Crippen molar-refractivity contribution in [3.8, 4) is 11.4 Å². The molecule has 0 aliphatic rings. The number of benzene rings is 4. The van der Waals surface area contributed by atoms with Gasteiger partial charge in [0.25, 0.3) is 5.56 Å². The van der Waals surface area contributed by atoms with Crippen molar-refractivity contribution in [2.45, 2.75) is 6.61 Å². The first-order valence-electron chi connectivity index (χ1n) is 10.1. The Hall–Kier alpha value is -4.18. The van der Waals surface area contributed by atoms with Crippen LogP contribution in [0.4, 0.5) is 0 Å². The molecule has 31 heavy (non-hydrogen) atoms. The van der Waals surface area contributed by atoms with Gasteiger partial charge in [-0.15, -0.1) is 4.73 Å². The van der Waals surface area contributed by atoms with Gasteiger partial charge in [-0.25, -0.2) is 4.98 Å². The van der Waals surface area contributed by atoms with Gasteiger partial charge in [-0.05, 0) is 34.0 Å². The van der Waals surface area contributed by atoms with Crippen LogP contribution < -0.4 is 10.4 Å². The van der Waals surface area contributed by atoms with Crippen LogP contribution in [0, 0.1) is 0 Å². The third-order valence-electron chi connectivity index (χ3n) is 5.31. The molecule has 1 heterocycles. The molecule has 0 N–H and O–H groups in total. The normalized spacial score (nSPS) is 11.0. The van der Waals surface area contributed by atoms with E-state index >= 15 is 0 Å². The number of hydrogen-bond donors (Lipinski definition) is 0. The minimum atomic E-state index is -0.225. The number of rotatable bonds is 5. The molecule has 0 spiro atoms. The van der Waals surface area contributed by atoms with E-state index in [1.54, 1.807) is 6.08 Å². The standard InChI is InChI=1S/C27H20N2O2/c1-2-19-12-14-20(15-13-19)18-31-29-26(21-8-4-3-5-9-21)28-25-17-23-11-7-6-10-22(23)16-24(25)27(29)30/h2-17H,1,18H2. The molecule has 1 aromatic heterocycles. The van der Waals surface area contributed by atoms with Crippen LogP contribution in [0.2, 0.25) is 0 Å². The zero-order chi connectivity index (χ0) is 21.2. The van der Waals surface area contributed by atoms with Gasteiger partial charge in [0.1, 0.15) is 6.61 Å². The Morgan fingerprint density at radius 2 is 1.55 bits per heavy atom. The molecular formula is C27H20N2O2. The molecule has 4 aromatic carbocycles. The molecule has 0 bridgehead atoms. The summed E-state index contributed by atoms with van der Waals surface area (Å²) in [5.41, 5.74) is 3.23. The van der Waals surface area contributed by atoms with E-state index in [9.17, 15) is 4.79 Å². The molecule has 0 radical (unpaired) electrons. The highest BCUT2D eigenvalue weighted by atomic mass is 16.7. The number of fused-ring (bicyclic) bond motifs is 2. The van der Waals surface area contributed by atoms with E-state index in [1.165, 1.54) is 4.73 Å². The second-order valence-electron chi connectivity index (χ2n) is 7.34. The lowest BCUT2D eigenvalue weighted by Gasteiger charge is -2.15. The van der Waals surface area contributed by atoms with Gasteiger partial charge in [-0.1, -0.05) is 91.5 Å². The Morgan fingerprint density at radius 1 is 0.871 bits per heavy atom. The van der Waals surface area contributed by atoms with E-state index in [4.69, 9.17) is 9.82 Å². The van der Waals surface area contributed by atoms with Gasteiger partial charge in [0.15, 0.2) is 5.82 Å². The van der Waals surface area contributed by atoms with Gasteiger partial charge in [-0.2, -0.15) is 0 Å². The number of nitrogens with zero attached hydrogens (tertiary/aromatic N) is 2. The van der Waals surface area contributed by atoms with Crippen molar-refractivity contribution < 1.29 is 4.84 Å². The van der Waals surface area contributed by atoms with Crippen molar-refractivity contribution in [1.29, 1.82) is 0 Å². The van der Waals surface area contributed by atoms with Crippen LogP contribution in [0.25, 0.3) is 39.1 Å². The van der Waals surface area contributed by atoms with Crippen molar-refractivity contribution in [2.24, 2.45) is 0 Å². The van der Waals surface area contributed by atoms with E-state index in [0.29, 0.717) is 16.7 Å². The third kappa shape index (κ3) is 3.60. The van der Waals surface area contributed by atoms with Gasteiger partial charge in [-0.3, -0.25) is 4.79 Å². The maximum absolute atomic E-state index is 13.5. The Balaban J connectivity index is 1.66. The number of hydrogen-bond acceptors (Lipinski definition) is 3. The van der Waals surface area contributed by atoms with Crippen LogP contribution >= 0.6 is 0 Å². The first-order valence-corrected chi connectivity index (χ1v) is 10.1. The van der Waals surface area contributed by atoms with Crippen molar-refractivity contribution in [3.05, 3.63) is 119 Å². The Morgan fingerprint density at radius 3 is 2.26 bits per heavy atom. The summed E-state index contributed by atoms with van der Waals surface area (Å²) in [7, 11) is 0. The van der Waals surface area contributed by atoms with E-state index in [0.717, 1.165) is 27.5 Å². The summed E-state index contributed by atoms with van der Waals surface area (Å²) in [5, 5.41) is 2.56. The highest BCUT2D eigenvalue weighted by Crippen LogP contribution is 2.23. The summed E-state index contributed by atoms with van der Waals surface area (Å²) < 4.78 is 1.31. The van der Waals surface area contributed by atoms with Crippen molar-refractivity contribution in [3.63, 3.8) is 0 Å². The van der Waals surface area contributed by atoms with Crippen molar-refractivity contribution in [2.75, 3.05) is 0 Å². The van der Waals surface area contributed by atoms with Crippen LogP contribution in [0.5, 0.6) is 0 Å². The summed E-state index contributed by atoms with van der Waals surface area (Å²) >= 11 is 0. The molecule has 0 atom stereocenters. The molecule has 5 aromatic rings. The van der Waals surface area contributed by atoms with E-state index in [2.05, 4.69) is 6.58 Å². The predicted octanol–water partition coefficient (Wildman–Crippen LogP) is 5.49. The minimum Gasteiger partial charge on any atom is -0.404 e. The molecule has 0 unspecified atom stereocenters. The summed E-state index contributed by atoms with van der Waals surface area (Å²) in [6.45, 7) is 4.02. The zero-order valence-electron chi connectivity index (χ0n) is 16.9. The highest BCUT2D eigenvalue weighted by molar-refractivity contribution is 5.96. The summed E-state index contributed by atoms with van der Waals surface area (Å²) in [5.74, 6) is 0.482. The maximum atomic E-state index is 13.5. The molecular weight excluding hydrogens is 384 g/mol. The molecule has 4 nitrogen and oxygen atoms in total. The van der Waals surface area contributed by atoms with E-state index in [1.807, 2.05) is 91.0 Å². The zero-order valence-corrected chi connectivity index (χ0v) is 16.9. The molecule has 150 valence electrons. The second-order valence-corrected chi connectivity index (χ2v) is 7.34. The monoisotopic (exact) mass is 404 g/mol. The van der Waals surface area contributed by atoms with E-state index < -0.39 is 0 Å². The third-order valence-corrected chi connectivity index (χ3v) is 5.31. The van der Waals surface area contributed by atoms with Gasteiger partial charge < -0.3 is 4.84 Å². The first-order chi connectivity index (χ1) is 15.2. The van der Waals surface area contributed by atoms with Gasteiger partial charge in [0.2, 0.25) is 0 Å².